The van der Waals surface area contributed by atoms with Gasteiger partial charge in [0, 0.05) is 11.3 Å². The smallest absolute Gasteiger partial charge is 0.248 e. The molecule has 0 radical (unpaired) electrons. The van der Waals surface area contributed by atoms with Crippen LogP contribution in [0.3, 0.4) is 0 Å². The number of nitrogens with zero attached hydrogens (tertiary/aromatic N) is 3. The van der Waals surface area contributed by atoms with Crippen LogP contribution < -0.4 is 11.1 Å². The van der Waals surface area contributed by atoms with Crippen LogP contribution in [-0.4, -0.2) is 32.6 Å². The molecule has 0 aliphatic rings. The zero-order chi connectivity index (χ0) is 14.5. The highest BCUT2D eigenvalue weighted by Gasteiger charge is 2.05. The number of anilines is 1. The summed E-state index contributed by atoms with van der Waals surface area (Å²) in [5.74, 6) is -0.438. The van der Waals surface area contributed by atoms with Gasteiger partial charge in [-0.05, 0) is 30.7 Å². The molecule has 0 saturated carbocycles. The van der Waals surface area contributed by atoms with E-state index in [1.807, 2.05) is 13.0 Å². The SMILES string of the molecule is Cc1cc(C(N)=O)ccc1NCc1cn(CCO)nn1. The number of hydrogen-bond acceptors (Lipinski definition) is 5. The summed E-state index contributed by atoms with van der Waals surface area (Å²) in [5.41, 5.74) is 8.33. The highest BCUT2D eigenvalue weighted by Crippen LogP contribution is 2.17. The molecule has 0 aliphatic heterocycles. The Morgan fingerprint density at radius 3 is 2.95 bits per heavy atom. The predicted molar refractivity (Wildman–Crippen MR) is 74.1 cm³/mol. The van der Waals surface area contributed by atoms with Crippen LogP contribution in [0.15, 0.2) is 24.4 Å². The van der Waals surface area contributed by atoms with Crippen molar-refractivity contribution in [1.29, 1.82) is 0 Å². The van der Waals surface area contributed by atoms with Gasteiger partial charge >= 0.3 is 0 Å². The minimum Gasteiger partial charge on any atom is -0.394 e. The van der Waals surface area contributed by atoms with Crippen LogP contribution in [0.1, 0.15) is 21.6 Å². The number of amides is 1. The number of rotatable bonds is 6. The van der Waals surface area contributed by atoms with Crippen LogP contribution in [0.25, 0.3) is 0 Å². The molecule has 4 N–H and O–H groups in total. The number of carbonyl (C=O) groups excluding carboxylic acids is 1. The Morgan fingerprint density at radius 1 is 1.50 bits per heavy atom. The summed E-state index contributed by atoms with van der Waals surface area (Å²) in [7, 11) is 0. The van der Waals surface area contributed by atoms with Gasteiger partial charge in [-0.3, -0.25) is 4.79 Å². The maximum atomic E-state index is 11.1. The first kappa shape index (κ1) is 14.0. The van der Waals surface area contributed by atoms with Gasteiger partial charge in [-0.25, -0.2) is 4.68 Å². The Kier molecular flexibility index (Phi) is 4.31. The Hall–Kier alpha value is -2.41. The van der Waals surface area contributed by atoms with E-state index in [0.29, 0.717) is 18.7 Å². The molecule has 0 atom stereocenters. The molecule has 1 amide bonds. The summed E-state index contributed by atoms with van der Waals surface area (Å²) in [6.07, 6.45) is 1.77. The fraction of sp³-hybridized carbons (Fsp3) is 0.308. The van der Waals surface area contributed by atoms with Crippen LogP contribution in [0.2, 0.25) is 0 Å². The highest BCUT2D eigenvalue weighted by atomic mass is 16.3. The Bertz CT molecular complexity index is 609. The van der Waals surface area contributed by atoms with Crippen molar-refractivity contribution in [3.8, 4) is 0 Å². The quantitative estimate of drug-likeness (QED) is 0.702. The van der Waals surface area contributed by atoms with Crippen molar-refractivity contribution in [3.05, 3.63) is 41.2 Å². The Labute approximate surface area is 116 Å². The first-order valence-corrected chi connectivity index (χ1v) is 6.24. The van der Waals surface area contributed by atoms with Crippen molar-refractivity contribution < 1.29 is 9.90 Å². The van der Waals surface area contributed by atoms with Crippen molar-refractivity contribution in [2.45, 2.75) is 20.0 Å². The van der Waals surface area contributed by atoms with Gasteiger partial charge in [0.1, 0.15) is 5.69 Å². The number of hydrogen-bond donors (Lipinski definition) is 3. The van der Waals surface area contributed by atoms with E-state index >= 15 is 0 Å². The number of carbonyl (C=O) groups is 1. The number of aliphatic hydroxyl groups excluding tert-OH is 1. The van der Waals surface area contributed by atoms with Crippen molar-refractivity contribution in [3.63, 3.8) is 0 Å². The topological polar surface area (TPSA) is 106 Å². The van der Waals surface area contributed by atoms with Crippen molar-refractivity contribution in [2.75, 3.05) is 11.9 Å². The second kappa shape index (κ2) is 6.16. The van der Waals surface area contributed by atoms with Crippen LogP contribution in [-0.2, 0) is 13.1 Å². The zero-order valence-electron chi connectivity index (χ0n) is 11.2. The molecular formula is C13H17N5O2. The first-order chi connectivity index (χ1) is 9.60. The van der Waals surface area contributed by atoms with E-state index in [1.165, 1.54) is 0 Å². The molecule has 7 heteroatoms. The van der Waals surface area contributed by atoms with Gasteiger partial charge in [0.15, 0.2) is 0 Å². The molecule has 2 aromatic rings. The van der Waals surface area contributed by atoms with E-state index < -0.39 is 5.91 Å². The maximum Gasteiger partial charge on any atom is 0.248 e. The number of primary amides is 1. The van der Waals surface area contributed by atoms with Gasteiger partial charge in [0.05, 0.1) is 25.9 Å². The van der Waals surface area contributed by atoms with E-state index in [9.17, 15) is 4.79 Å². The molecule has 1 aromatic carbocycles. The first-order valence-electron chi connectivity index (χ1n) is 6.24. The number of nitrogens with two attached hydrogens (primary N) is 1. The molecule has 2 rings (SSSR count). The third-order valence-electron chi connectivity index (χ3n) is 2.89. The zero-order valence-corrected chi connectivity index (χ0v) is 11.2. The molecule has 1 heterocycles. The fourth-order valence-electron chi connectivity index (χ4n) is 1.83. The second-order valence-corrected chi connectivity index (χ2v) is 4.44. The number of nitrogens with one attached hydrogen (secondary N) is 1. The Morgan fingerprint density at radius 2 is 2.30 bits per heavy atom. The molecule has 20 heavy (non-hydrogen) atoms. The average Bonchev–Trinajstić information content (AvgIpc) is 2.85. The lowest BCUT2D eigenvalue weighted by Crippen LogP contribution is -2.11. The third kappa shape index (κ3) is 3.33. The summed E-state index contributed by atoms with van der Waals surface area (Å²) in [5, 5.41) is 19.9. The van der Waals surface area contributed by atoms with E-state index in [4.69, 9.17) is 10.8 Å². The number of aliphatic hydroxyl groups is 1. The molecule has 7 nitrogen and oxygen atoms in total. The standard InChI is InChI=1S/C13H17N5O2/c1-9-6-10(13(14)20)2-3-12(9)15-7-11-8-18(4-5-19)17-16-11/h2-3,6,8,15,19H,4-5,7H2,1H3,(H2,14,20). The number of benzene rings is 1. The van der Waals surface area contributed by atoms with Crippen LogP contribution in [0.4, 0.5) is 5.69 Å². The van der Waals surface area contributed by atoms with Crippen molar-refractivity contribution in [2.24, 2.45) is 5.73 Å². The summed E-state index contributed by atoms with van der Waals surface area (Å²) in [4.78, 5) is 11.1. The third-order valence-corrected chi connectivity index (χ3v) is 2.89. The molecule has 0 unspecified atom stereocenters. The van der Waals surface area contributed by atoms with E-state index in [0.717, 1.165) is 16.9 Å². The lowest BCUT2D eigenvalue weighted by atomic mass is 10.1. The van der Waals surface area contributed by atoms with Crippen molar-refractivity contribution in [1.82, 2.24) is 15.0 Å². The second-order valence-electron chi connectivity index (χ2n) is 4.44. The van der Waals surface area contributed by atoms with Gasteiger partial charge in [-0.15, -0.1) is 5.10 Å². The minimum absolute atomic E-state index is 0.0317. The molecule has 0 bridgehead atoms. The lowest BCUT2D eigenvalue weighted by Gasteiger charge is -2.08. The van der Waals surface area contributed by atoms with E-state index in [-0.39, 0.29) is 6.61 Å². The Balaban J connectivity index is 2.01. The number of aromatic nitrogens is 3. The lowest BCUT2D eigenvalue weighted by molar-refractivity contribution is 0.1000. The van der Waals surface area contributed by atoms with Crippen molar-refractivity contribution >= 4 is 11.6 Å². The fourth-order valence-corrected chi connectivity index (χ4v) is 1.83. The molecule has 106 valence electrons. The highest BCUT2D eigenvalue weighted by molar-refractivity contribution is 5.93. The number of aryl methyl sites for hydroxylation is 1. The molecule has 0 spiro atoms. The summed E-state index contributed by atoms with van der Waals surface area (Å²) >= 11 is 0. The minimum atomic E-state index is -0.438. The summed E-state index contributed by atoms with van der Waals surface area (Å²) in [6.45, 7) is 2.88. The normalized spacial score (nSPS) is 10.5. The molecular weight excluding hydrogens is 258 g/mol. The average molecular weight is 275 g/mol. The summed E-state index contributed by atoms with van der Waals surface area (Å²) in [6, 6.07) is 5.24. The maximum absolute atomic E-state index is 11.1. The van der Waals surface area contributed by atoms with Crippen LogP contribution in [0.5, 0.6) is 0 Å². The molecule has 0 saturated heterocycles. The molecule has 0 fully saturated rings. The van der Waals surface area contributed by atoms with Crippen LogP contribution in [0, 0.1) is 6.92 Å². The molecule has 1 aromatic heterocycles. The monoisotopic (exact) mass is 275 g/mol. The largest absolute Gasteiger partial charge is 0.394 e. The van der Waals surface area contributed by atoms with Gasteiger partial charge in [0.25, 0.3) is 0 Å². The van der Waals surface area contributed by atoms with Crippen LogP contribution >= 0.6 is 0 Å². The van der Waals surface area contributed by atoms with Gasteiger partial charge in [0.2, 0.25) is 5.91 Å². The summed E-state index contributed by atoms with van der Waals surface area (Å²) < 4.78 is 1.58. The predicted octanol–water partition coefficient (Wildman–Crippen LogP) is 0.290. The molecule has 0 aliphatic carbocycles. The van der Waals surface area contributed by atoms with Gasteiger partial charge in [-0.2, -0.15) is 0 Å². The van der Waals surface area contributed by atoms with E-state index in [2.05, 4.69) is 15.6 Å². The van der Waals surface area contributed by atoms with Gasteiger partial charge in [-0.1, -0.05) is 5.21 Å². The van der Waals surface area contributed by atoms with E-state index in [1.54, 1.807) is 23.0 Å². The van der Waals surface area contributed by atoms with Gasteiger partial charge < -0.3 is 16.2 Å².